The summed E-state index contributed by atoms with van der Waals surface area (Å²) in [4.78, 5) is 13.2. The van der Waals surface area contributed by atoms with Crippen molar-refractivity contribution < 1.29 is 9.53 Å². The summed E-state index contributed by atoms with van der Waals surface area (Å²) >= 11 is 5.15. The van der Waals surface area contributed by atoms with Gasteiger partial charge in [0, 0.05) is 23.5 Å². The molecule has 0 saturated carbocycles. The molecule has 0 unspecified atom stereocenters. The molecule has 0 radical (unpaired) electrons. The molecule has 0 bridgehead atoms. The summed E-state index contributed by atoms with van der Waals surface area (Å²) < 4.78 is 6.52. The second kappa shape index (κ2) is 10.6. The lowest BCUT2D eigenvalue weighted by molar-refractivity contribution is -0.116. The molecule has 0 atom stereocenters. The number of halogens is 2. The zero-order valence-electron chi connectivity index (χ0n) is 12.6. The molecule has 23 heavy (non-hydrogen) atoms. The van der Waals surface area contributed by atoms with Crippen molar-refractivity contribution in [1.82, 2.24) is 0 Å². The molecule has 1 aromatic heterocycles. The van der Waals surface area contributed by atoms with Crippen LogP contribution in [0.25, 0.3) is 0 Å². The van der Waals surface area contributed by atoms with Crippen molar-refractivity contribution in [3.8, 4) is 5.75 Å². The first-order valence-corrected chi connectivity index (χ1v) is 8.75. The summed E-state index contributed by atoms with van der Waals surface area (Å²) in [5.74, 6) is 0.790. The Morgan fingerprint density at radius 3 is 2.57 bits per heavy atom. The van der Waals surface area contributed by atoms with Crippen LogP contribution in [0.3, 0.4) is 0 Å². The number of anilines is 1. The van der Waals surface area contributed by atoms with E-state index in [1.807, 2.05) is 30.3 Å². The van der Waals surface area contributed by atoms with E-state index in [1.165, 1.54) is 4.88 Å². The van der Waals surface area contributed by atoms with Gasteiger partial charge in [0.15, 0.2) is 0 Å². The number of nitrogens with one attached hydrogen (secondary N) is 1. The number of amides is 1. The predicted octanol–water partition coefficient (Wildman–Crippen LogP) is 4.23. The van der Waals surface area contributed by atoms with Gasteiger partial charge in [0.2, 0.25) is 5.91 Å². The number of carbonyl (C=O) groups excluding carboxylic acids is 1. The Morgan fingerprint density at radius 1 is 1.22 bits per heavy atom. The predicted molar refractivity (Wildman–Crippen MR) is 102 cm³/mol. The Kier molecular flexibility index (Phi) is 9.24. The van der Waals surface area contributed by atoms with E-state index in [4.69, 9.17) is 10.5 Å². The van der Waals surface area contributed by atoms with Crippen LogP contribution < -0.4 is 15.8 Å². The van der Waals surface area contributed by atoms with Crippen molar-refractivity contribution in [1.29, 1.82) is 0 Å². The smallest absolute Gasteiger partial charge is 0.224 e. The highest BCUT2D eigenvalue weighted by molar-refractivity contribution is 9.11. The van der Waals surface area contributed by atoms with Gasteiger partial charge in [-0.1, -0.05) is 0 Å². The first-order valence-electron chi connectivity index (χ1n) is 7.14. The SMILES string of the molecule is Cl.NCCOc1ccc(NC(=O)CCCc2ccc(Br)s2)cc1. The van der Waals surface area contributed by atoms with Crippen LogP contribution in [-0.2, 0) is 11.2 Å². The third kappa shape index (κ3) is 7.35. The number of hydrogen-bond donors (Lipinski definition) is 2. The molecule has 0 aliphatic heterocycles. The number of rotatable bonds is 8. The zero-order chi connectivity index (χ0) is 15.8. The monoisotopic (exact) mass is 418 g/mol. The minimum absolute atomic E-state index is 0. The van der Waals surface area contributed by atoms with E-state index in [0.717, 1.165) is 28.1 Å². The fraction of sp³-hybridized carbons (Fsp3) is 0.312. The Morgan fingerprint density at radius 2 is 1.96 bits per heavy atom. The molecule has 1 heterocycles. The van der Waals surface area contributed by atoms with Crippen molar-refractivity contribution in [2.75, 3.05) is 18.5 Å². The van der Waals surface area contributed by atoms with Gasteiger partial charge in [-0.05, 0) is 65.2 Å². The normalized spacial score (nSPS) is 10.0. The number of benzene rings is 1. The average molecular weight is 420 g/mol. The van der Waals surface area contributed by atoms with Crippen molar-refractivity contribution >= 4 is 51.3 Å². The van der Waals surface area contributed by atoms with Gasteiger partial charge in [0.1, 0.15) is 12.4 Å². The standard InChI is InChI=1S/C16H19BrN2O2S.ClH/c17-15-9-8-14(22-15)2-1-3-16(20)19-12-4-6-13(7-5-12)21-11-10-18;/h4-9H,1-3,10-11,18H2,(H,19,20);1H. The van der Waals surface area contributed by atoms with Crippen LogP contribution in [0.4, 0.5) is 5.69 Å². The van der Waals surface area contributed by atoms with Crippen LogP contribution >= 0.6 is 39.7 Å². The lowest BCUT2D eigenvalue weighted by atomic mass is 10.2. The van der Waals surface area contributed by atoms with E-state index in [9.17, 15) is 4.79 Å². The maximum Gasteiger partial charge on any atom is 0.224 e. The second-order valence-electron chi connectivity index (χ2n) is 4.77. The van der Waals surface area contributed by atoms with Crippen LogP contribution in [0.15, 0.2) is 40.2 Å². The molecule has 4 nitrogen and oxygen atoms in total. The van der Waals surface area contributed by atoms with E-state index < -0.39 is 0 Å². The van der Waals surface area contributed by atoms with E-state index in [2.05, 4.69) is 27.3 Å². The molecular formula is C16H20BrClN2O2S. The molecule has 1 amide bonds. The fourth-order valence-corrected chi connectivity index (χ4v) is 3.47. The number of thiophene rings is 1. The summed E-state index contributed by atoms with van der Waals surface area (Å²) in [6.07, 6.45) is 2.28. The van der Waals surface area contributed by atoms with Gasteiger partial charge in [-0.2, -0.15) is 0 Å². The van der Waals surface area contributed by atoms with Gasteiger partial charge in [0.25, 0.3) is 0 Å². The summed E-state index contributed by atoms with van der Waals surface area (Å²) in [6.45, 7) is 0.976. The molecule has 3 N–H and O–H groups in total. The number of carbonyl (C=O) groups is 1. The Balaban J connectivity index is 0.00000264. The minimum atomic E-state index is 0. The highest BCUT2D eigenvalue weighted by Crippen LogP contribution is 2.23. The Labute approximate surface area is 155 Å². The number of ether oxygens (including phenoxy) is 1. The van der Waals surface area contributed by atoms with Crippen LogP contribution in [-0.4, -0.2) is 19.1 Å². The lowest BCUT2D eigenvalue weighted by Gasteiger charge is -2.07. The fourth-order valence-electron chi connectivity index (χ4n) is 1.94. The van der Waals surface area contributed by atoms with Gasteiger partial charge in [-0.15, -0.1) is 23.7 Å². The van der Waals surface area contributed by atoms with Gasteiger partial charge in [-0.25, -0.2) is 0 Å². The zero-order valence-corrected chi connectivity index (χ0v) is 15.8. The second-order valence-corrected chi connectivity index (χ2v) is 7.32. The molecule has 1 aromatic carbocycles. The Bertz CT molecular complexity index is 604. The summed E-state index contributed by atoms with van der Waals surface area (Å²) in [5, 5.41) is 2.89. The molecule has 0 saturated heterocycles. The largest absolute Gasteiger partial charge is 0.492 e. The number of nitrogens with two attached hydrogens (primary N) is 1. The van der Waals surface area contributed by atoms with E-state index in [-0.39, 0.29) is 18.3 Å². The molecule has 0 aliphatic carbocycles. The van der Waals surface area contributed by atoms with Crippen LogP contribution in [0, 0.1) is 0 Å². The summed E-state index contributed by atoms with van der Waals surface area (Å²) in [7, 11) is 0. The highest BCUT2D eigenvalue weighted by atomic mass is 79.9. The lowest BCUT2D eigenvalue weighted by Crippen LogP contribution is -2.12. The molecule has 2 aromatic rings. The molecule has 2 rings (SSSR count). The van der Waals surface area contributed by atoms with Crippen molar-refractivity contribution in [3.63, 3.8) is 0 Å². The summed E-state index contributed by atoms with van der Waals surface area (Å²) in [6, 6.07) is 11.4. The number of aryl methyl sites for hydroxylation is 1. The molecule has 0 fully saturated rings. The van der Waals surface area contributed by atoms with Crippen molar-refractivity contribution in [2.24, 2.45) is 5.73 Å². The third-order valence-corrected chi connectivity index (χ3v) is 4.66. The molecule has 0 spiro atoms. The summed E-state index contributed by atoms with van der Waals surface area (Å²) in [5.41, 5.74) is 6.16. The third-order valence-electron chi connectivity index (χ3n) is 2.98. The highest BCUT2D eigenvalue weighted by Gasteiger charge is 2.04. The Hall–Kier alpha value is -1.08. The van der Waals surface area contributed by atoms with E-state index in [1.54, 1.807) is 11.3 Å². The quantitative estimate of drug-likeness (QED) is 0.673. The van der Waals surface area contributed by atoms with Crippen LogP contribution in [0.5, 0.6) is 5.75 Å². The van der Waals surface area contributed by atoms with Crippen LogP contribution in [0.2, 0.25) is 0 Å². The maximum absolute atomic E-state index is 11.9. The van der Waals surface area contributed by atoms with Crippen LogP contribution in [0.1, 0.15) is 17.7 Å². The molecule has 0 aliphatic rings. The van der Waals surface area contributed by atoms with Gasteiger partial charge in [0.05, 0.1) is 3.79 Å². The van der Waals surface area contributed by atoms with Gasteiger partial charge < -0.3 is 15.8 Å². The van der Waals surface area contributed by atoms with E-state index >= 15 is 0 Å². The maximum atomic E-state index is 11.9. The first kappa shape index (κ1) is 20.0. The molecular weight excluding hydrogens is 400 g/mol. The van der Waals surface area contributed by atoms with E-state index in [0.29, 0.717) is 19.6 Å². The van der Waals surface area contributed by atoms with Gasteiger partial charge >= 0.3 is 0 Å². The molecule has 7 heteroatoms. The number of hydrogen-bond acceptors (Lipinski definition) is 4. The van der Waals surface area contributed by atoms with Gasteiger partial charge in [-0.3, -0.25) is 4.79 Å². The topological polar surface area (TPSA) is 64.3 Å². The average Bonchev–Trinajstić information content (AvgIpc) is 2.92. The molecule has 126 valence electrons. The minimum Gasteiger partial charge on any atom is -0.492 e. The van der Waals surface area contributed by atoms with Crippen molar-refractivity contribution in [2.45, 2.75) is 19.3 Å². The first-order chi connectivity index (χ1) is 10.7. The van der Waals surface area contributed by atoms with Crippen molar-refractivity contribution in [3.05, 3.63) is 45.1 Å².